The Morgan fingerprint density at radius 2 is 1.50 bits per heavy atom. The molecule has 1 aromatic carbocycles. The lowest BCUT2D eigenvalue weighted by Crippen LogP contribution is -2.33. The number of methoxy groups -OCH3 is 1. The minimum atomic E-state index is -2.24. The van der Waals surface area contributed by atoms with Gasteiger partial charge in [0.1, 0.15) is 11.7 Å². The molecule has 0 saturated heterocycles. The van der Waals surface area contributed by atoms with Crippen molar-refractivity contribution in [3.8, 4) is 0 Å². The molecule has 3 nitrogen and oxygen atoms in total. The molecule has 1 saturated carbocycles. The van der Waals surface area contributed by atoms with Crippen molar-refractivity contribution in [2.45, 2.75) is 18.9 Å². The largest absolute Gasteiger partial charge is 0.467 e. The molecule has 0 radical (unpaired) electrons. The van der Waals surface area contributed by atoms with Gasteiger partial charge in [0.2, 0.25) is 5.82 Å². The summed E-state index contributed by atoms with van der Waals surface area (Å²) in [7, 11) is 1.07. The van der Waals surface area contributed by atoms with E-state index in [0.29, 0.717) is 12.8 Å². The maximum Gasteiger partial charge on any atom is 0.328 e. The summed E-state index contributed by atoms with van der Waals surface area (Å²) in [4.78, 5) is 11.5. The van der Waals surface area contributed by atoms with E-state index >= 15 is 0 Å². The van der Waals surface area contributed by atoms with Crippen LogP contribution in [0.4, 0.5) is 27.6 Å². The fourth-order valence-electron chi connectivity index (χ4n) is 1.81. The molecule has 0 aliphatic heterocycles. The van der Waals surface area contributed by atoms with E-state index in [4.69, 9.17) is 0 Å². The minimum Gasteiger partial charge on any atom is -0.467 e. The molecule has 0 amide bonds. The summed E-state index contributed by atoms with van der Waals surface area (Å²) in [5.41, 5.74) is -1.22. The highest BCUT2D eigenvalue weighted by Crippen LogP contribution is 2.36. The van der Waals surface area contributed by atoms with Gasteiger partial charge in [-0.15, -0.1) is 0 Å². The second-order valence-electron chi connectivity index (χ2n) is 4.43. The molecular weight excluding hydrogens is 285 g/mol. The van der Waals surface area contributed by atoms with Crippen molar-refractivity contribution >= 4 is 11.7 Å². The molecule has 0 spiro atoms. The molecule has 20 heavy (non-hydrogen) atoms. The van der Waals surface area contributed by atoms with Crippen LogP contribution in [0.2, 0.25) is 0 Å². The lowest BCUT2D eigenvalue weighted by atomic mass is 10.1. The number of carbonyl (C=O) groups is 1. The molecule has 1 atom stereocenters. The van der Waals surface area contributed by atoms with E-state index in [1.54, 1.807) is 0 Å². The zero-order valence-corrected chi connectivity index (χ0v) is 10.3. The molecule has 0 aromatic heterocycles. The summed E-state index contributed by atoms with van der Waals surface area (Å²) in [6.07, 6.45) is 1.20. The van der Waals surface area contributed by atoms with Gasteiger partial charge in [-0.1, -0.05) is 0 Å². The van der Waals surface area contributed by atoms with E-state index in [2.05, 4.69) is 10.1 Å². The minimum absolute atomic E-state index is 0.252. The SMILES string of the molecule is COC(=O)C(Nc1c(F)c(F)c(F)c(F)c1F)C1CC1. The van der Waals surface area contributed by atoms with Gasteiger partial charge in [-0.25, -0.2) is 26.7 Å². The van der Waals surface area contributed by atoms with E-state index in [-0.39, 0.29) is 5.92 Å². The predicted octanol–water partition coefficient (Wildman–Crippen LogP) is 2.75. The molecule has 1 aromatic rings. The highest BCUT2D eigenvalue weighted by Gasteiger charge is 2.39. The molecular formula is C12H10F5NO2. The number of hydrogen-bond acceptors (Lipinski definition) is 3. The first-order chi connectivity index (χ1) is 9.38. The van der Waals surface area contributed by atoms with Crippen LogP contribution in [0.15, 0.2) is 0 Å². The molecule has 0 bridgehead atoms. The van der Waals surface area contributed by atoms with Crippen LogP contribution in [0, 0.1) is 35.0 Å². The van der Waals surface area contributed by atoms with Crippen molar-refractivity contribution in [2.24, 2.45) is 5.92 Å². The smallest absolute Gasteiger partial charge is 0.328 e. The third-order valence-corrected chi connectivity index (χ3v) is 3.06. The lowest BCUT2D eigenvalue weighted by Gasteiger charge is -2.18. The summed E-state index contributed by atoms with van der Waals surface area (Å²) >= 11 is 0. The lowest BCUT2D eigenvalue weighted by molar-refractivity contribution is -0.142. The van der Waals surface area contributed by atoms with Crippen LogP contribution in [0.5, 0.6) is 0 Å². The van der Waals surface area contributed by atoms with Gasteiger partial charge < -0.3 is 10.1 Å². The molecule has 110 valence electrons. The number of hydrogen-bond donors (Lipinski definition) is 1. The van der Waals surface area contributed by atoms with Gasteiger partial charge >= 0.3 is 5.97 Å². The molecule has 1 fully saturated rings. The average Bonchev–Trinajstić information content (AvgIpc) is 3.27. The maximum atomic E-state index is 13.5. The summed E-state index contributed by atoms with van der Waals surface area (Å²) in [5, 5.41) is 2.07. The topological polar surface area (TPSA) is 38.3 Å². The first kappa shape index (κ1) is 14.5. The third kappa shape index (κ3) is 2.41. The molecule has 8 heteroatoms. The Kier molecular flexibility index (Phi) is 3.82. The number of rotatable bonds is 4. The van der Waals surface area contributed by atoms with Gasteiger partial charge in [0.25, 0.3) is 0 Å². The molecule has 1 aliphatic carbocycles. The van der Waals surface area contributed by atoms with Crippen LogP contribution in [-0.4, -0.2) is 19.1 Å². The van der Waals surface area contributed by atoms with Crippen molar-refractivity contribution in [1.82, 2.24) is 0 Å². The Labute approximate surface area is 110 Å². The summed E-state index contributed by atoms with van der Waals surface area (Å²) in [5.74, 6) is -11.5. The van der Waals surface area contributed by atoms with Crippen LogP contribution >= 0.6 is 0 Å². The van der Waals surface area contributed by atoms with Crippen LogP contribution in [0.3, 0.4) is 0 Å². The van der Waals surface area contributed by atoms with E-state index in [1.807, 2.05) is 0 Å². The molecule has 1 aliphatic rings. The van der Waals surface area contributed by atoms with Gasteiger partial charge in [-0.2, -0.15) is 0 Å². The van der Waals surface area contributed by atoms with Crippen LogP contribution in [-0.2, 0) is 9.53 Å². The molecule has 1 N–H and O–H groups in total. The van der Waals surface area contributed by atoms with Crippen LogP contribution in [0.1, 0.15) is 12.8 Å². The standard InChI is InChI=1S/C12H10F5NO2/c1-20-12(19)10(4-2-3-4)18-11-8(16)6(14)5(13)7(15)9(11)17/h4,10,18H,2-3H2,1H3. The average molecular weight is 295 g/mol. The second-order valence-corrected chi connectivity index (χ2v) is 4.43. The van der Waals surface area contributed by atoms with Crippen molar-refractivity contribution in [3.63, 3.8) is 0 Å². The Balaban J connectivity index is 2.40. The van der Waals surface area contributed by atoms with Crippen molar-refractivity contribution in [3.05, 3.63) is 29.1 Å². The van der Waals surface area contributed by atoms with E-state index in [1.165, 1.54) is 0 Å². The fraction of sp³-hybridized carbons (Fsp3) is 0.417. The van der Waals surface area contributed by atoms with Gasteiger partial charge in [-0.05, 0) is 18.8 Å². The van der Waals surface area contributed by atoms with Gasteiger partial charge in [0.05, 0.1) is 7.11 Å². The van der Waals surface area contributed by atoms with Crippen molar-refractivity contribution < 1.29 is 31.5 Å². The highest BCUT2D eigenvalue weighted by molar-refractivity contribution is 5.80. The first-order valence-corrected chi connectivity index (χ1v) is 5.74. The van der Waals surface area contributed by atoms with Crippen molar-refractivity contribution in [1.29, 1.82) is 0 Å². The number of benzene rings is 1. The Hall–Kier alpha value is -1.86. The van der Waals surface area contributed by atoms with Gasteiger partial charge in [-0.3, -0.25) is 0 Å². The van der Waals surface area contributed by atoms with Crippen LogP contribution in [0.25, 0.3) is 0 Å². The quantitative estimate of drug-likeness (QED) is 0.402. The third-order valence-electron chi connectivity index (χ3n) is 3.06. The molecule has 0 heterocycles. The van der Waals surface area contributed by atoms with E-state index in [0.717, 1.165) is 7.11 Å². The molecule has 2 rings (SSSR count). The summed E-state index contributed by atoms with van der Waals surface area (Å²) < 4.78 is 70.4. The van der Waals surface area contributed by atoms with E-state index in [9.17, 15) is 26.7 Å². The van der Waals surface area contributed by atoms with Gasteiger partial charge in [0.15, 0.2) is 23.3 Å². The second kappa shape index (κ2) is 5.26. The van der Waals surface area contributed by atoms with E-state index < -0.39 is 46.8 Å². The molecule has 1 unspecified atom stereocenters. The Morgan fingerprint density at radius 1 is 1.05 bits per heavy atom. The number of ether oxygens (including phenoxy) is 1. The number of halogens is 5. The number of anilines is 1. The first-order valence-electron chi connectivity index (χ1n) is 5.74. The van der Waals surface area contributed by atoms with Crippen LogP contribution < -0.4 is 5.32 Å². The monoisotopic (exact) mass is 295 g/mol. The number of esters is 1. The zero-order chi connectivity index (χ0) is 15.0. The van der Waals surface area contributed by atoms with Crippen molar-refractivity contribution in [2.75, 3.05) is 12.4 Å². The maximum absolute atomic E-state index is 13.5. The summed E-state index contributed by atoms with van der Waals surface area (Å²) in [6.45, 7) is 0. The fourth-order valence-corrected chi connectivity index (χ4v) is 1.81. The summed E-state index contributed by atoms with van der Waals surface area (Å²) in [6, 6.07) is -1.15. The predicted molar refractivity (Wildman–Crippen MR) is 58.4 cm³/mol. The normalized spacial score (nSPS) is 15.9. The Morgan fingerprint density at radius 3 is 1.90 bits per heavy atom. The highest BCUT2D eigenvalue weighted by atomic mass is 19.2. The number of carbonyl (C=O) groups excluding carboxylic acids is 1. The van der Waals surface area contributed by atoms with Gasteiger partial charge in [0, 0.05) is 0 Å². The Bertz CT molecular complexity index is 530. The number of nitrogens with one attached hydrogen (secondary N) is 1. The zero-order valence-electron chi connectivity index (χ0n) is 10.3.